The molecule has 0 N–H and O–H groups in total. The van der Waals surface area contributed by atoms with Crippen LogP contribution in [0.3, 0.4) is 0 Å². The minimum atomic E-state index is 0.827. The first-order chi connectivity index (χ1) is 12.8. The number of piperidine rings is 1. The van der Waals surface area contributed by atoms with Gasteiger partial charge in [0.05, 0.1) is 0 Å². The number of hydrogen-bond acceptors (Lipinski definition) is 3. The van der Waals surface area contributed by atoms with Crippen LogP contribution in [0.2, 0.25) is 0 Å². The van der Waals surface area contributed by atoms with Gasteiger partial charge in [0, 0.05) is 44.8 Å². The van der Waals surface area contributed by atoms with E-state index >= 15 is 0 Å². The van der Waals surface area contributed by atoms with Gasteiger partial charge >= 0.3 is 0 Å². The van der Waals surface area contributed by atoms with Crippen LogP contribution in [0.5, 0.6) is 0 Å². The van der Waals surface area contributed by atoms with Gasteiger partial charge in [-0.15, -0.1) is 0 Å². The van der Waals surface area contributed by atoms with E-state index in [1.165, 1.54) is 83.4 Å². The molecule has 3 fully saturated rings. The molecule has 0 bridgehead atoms. The van der Waals surface area contributed by atoms with E-state index in [1.807, 2.05) is 0 Å². The van der Waals surface area contributed by atoms with Crippen molar-refractivity contribution in [2.24, 2.45) is 5.92 Å². The predicted octanol–water partition coefficient (Wildman–Crippen LogP) is 3.85. The number of benzene rings is 1. The molecule has 2 unspecified atom stereocenters. The molecule has 0 radical (unpaired) electrons. The Morgan fingerprint density at radius 3 is 2.12 bits per heavy atom. The zero-order valence-electron chi connectivity index (χ0n) is 16.7. The fourth-order valence-electron chi connectivity index (χ4n) is 5.56. The van der Waals surface area contributed by atoms with Crippen molar-refractivity contribution in [2.45, 2.75) is 64.1 Å². The molecular weight excluding hydrogens is 318 g/mol. The van der Waals surface area contributed by atoms with Crippen molar-refractivity contribution in [3.8, 4) is 0 Å². The molecule has 2 saturated heterocycles. The fraction of sp³-hybridized carbons (Fsp3) is 0.739. The SMILES string of the molecule is CC1CCCCC1N1CCN(C2CCN(Cc3ccccc3)CC2)CC1. The Labute approximate surface area is 160 Å². The molecule has 2 atom stereocenters. The quantitative estimate of drug-likeness (QED) is 0.812. The summed E-state index contributed by atoms with van der Waals surface area (Å²) in [7, 11) is 0. The van der Waals surface area contributed by atoms with Gasteiger partial charge in [0.25, 0.3) is 0 Å². The Hall–Kier alpha value is -0.900. The molecule has 1 saturated carbocycles. The van der Waals surface area contributed by atoms with E-state index in [0.717, 1.165) is 24.5 Å². The van der Waals surface area contributed by atoms with Crippen molar-refractivity contribution in [2.75, 3.05) is 39.3 Å². The second-order valence-corrected chi connectivity index (χ2v) is 8.89. The molecule has 1 aliphatic carbocycles. The van der Waals surface area contributed by atoms with Crippen molar-refractivity contribution < 1.29 is 0 Å². The minimum Gasteiger partial charge on any atom is -0.299 e. The lowest BCUT2D eigenvalue weighted by Crippen LogP contribution is -2.56. The average Bonchev–Trinajstić information content (AvgIpc) is 2.70. The van der Waals surface area contributed by atoms with Crippen LogP contribution in [-0.4, -0.2) is 66.1 Å². The van der Waals surface area contributed by atoms with E-state index in [-0.39, 0.29) is 0 Å². The highest BCUT2D eigenvalue weighted by Gasteiger charge is 2.32. The van der Waals surface area contributed by atoms with Gasteiger partial charge in [0.2, 0.25) is 0 Å². The Morgan fingerprint density at radius 2 is 1.42 bits per heavy atom. The van der Waals surface area contributed by atoms with Gasteiger partial charge in [0.1, 0.15) is 0 Å². The van der Waals surface area contributed by atoms with Crippen LogP contribution in [0, 0.1) is 5.92 Å². The van der Waals surface area contributed by atoms with Crippen molar-refractivity contribution in [3.63, 3.8) is 0 Å². The highest BCUT2D eigenvalue weighted by atomic mass is 15.3. The summed E-state index contributed by atoms with van der Waals surface area (Å²) < 4.78 is 0. The third-order valence-corrected chi connectivity index (χ3v) is 7.21. The first kappa shape index (κ1) is 18.5. The van der Waals surface area contributed by atoms with Crippen LogP contribution in [0.1, 0.15) is 51.0 Å². The van der Waals surface area contributed by atoms with Crippen LogP contribution in [0.4, 0.5) is 0 Å². The Morgan fingerprint density at radius 1 is 0.769 bits per heavy atom. The van der Waals surface area contributed by atoms with Crippen LogP contribution in [0.25, 0.3) is 0 Å². The summed E-state index contributed by atoms with van der Waals surface area (Å²) in [6.07, 6.45) is 8.51. The predicted molar refractivity (Wildman–Crippen MR) is 109 cm³/mol. The maximum absolute atomic E-state index is 2.82. The first-order valence-electron chi connectivity index (χ1n) is 11.0. The second-order valence-electron chi connectivity index (χ2n) is 8.89. The van der Waals surface area contributed by atoms with Crippen molar-refractivity contribution in [3.05, 3.63) is 35.9 Å². The molecule has 2 heterocycles. The standard InChI is InChI=1S/C23H37N3/c1-20-7-5-6-10-23(20)26-17-15-25(16-18-26)22-11-13-24(14-12-22)19-21-8-3-2-4-9-21/h2-4,8-9,20,22-23H,5-7,10-19H2,1H3. The number of piperazine rings is 1. The molecule has 4 rings (SSSR count). The molecule has 2 aliphatic heterocycles. The van der Waals surface area contributed by atoms with Crippen molar-refractivity contribution >= 4 is 0 Å². The van der Waals surface area contributed by atoms with Crippen LogP contribution in [0.15, 0.2) is 30.3 Å². The lowest BCUT2D eigenvalue weighted by molar-refractivity contribution is 0.0206. The summed E-state index contributed by atoms with van der Waals surface area (Å²) in [4.78, 5) is 8.28. The molecule has 1 aromatic rings. The molecule has 0 spiro atoms. The van der Waals surface area contributed by atoms with Gasteiger partial charge < -0.3 is 0 Å². The van der Waals surface area contributed by atoms with Gasteiger partial charge in [-0.3, -0.25) is 14.7 Å². The summed E-state index contributed by atoms with van der Waals surface area (Å²) in [5.41, 5.74) is 1.46. The normalized spacial score (nSPS) is 30.5. The molecule has 26 heavy (non-hydrogen) atoms. The maximum Gasteiger partial charge on any atom is 0.0233 e. The first-order valence-corrected chi connectivity index (χ1v) is 11.0. The van der Waals surface area contributed by atoms with Crippen LogP contribution >= 0.6 is 0 Å². The Bertz CT molecular complexity index is 530. The third kappa shape index (κ3) is 4.49. The molecule has 0 amide bonds. The van der Waals surface area contributed by atoms with Gasteiger partial charge in [-0.25, -0.2) is 0 Å². The fourth-order valence-corrected chi connectivity index (χ4v) is 5.56. The molecular formula is C23H37N3. The van der Waals surface area contributed by atoms with Crippen molar-refractivity contribution in [1.82, 2.24) is 14.7 Å². The van der Waals surface area contributed by atoms with Gasteiger partial charge in [-0.05, 0) is 50.3 Å². The topological polar surface area (TPSA) is 9.72 Å². The summed E-state index contributed by atoms with van der Waals surface area (Å²) >= 11 is 0. The van der Waals surface area contributed by atoms with Crippen molar-refractivity contribution in [1.29, 1.82) is 0 Å². The van der Waals surface area contributed by atoms with Gasteiger partial charge in [-0.1, -0.05) is 50.1 Å². The lowest BCUT2D eigenvalue weighted by atomic mass is 9.84. The molecule has 1 aromatic carbocycles. The van der Waals surface area contributed by atoms with Gasteiger partial charge in [0.15, 0.2) is 0 Å². The van der Waals surface area contributed by atoms with E-state index in [1.54, 1.807) is 0 Å². The maximum atomic E-state index is 2.82. The zero-order valence-corrected chi connectivity index (χ0v) is 16.7. The van der Waals surface area contributed by atoms with E-state index < -0.39 is 0 Å². The summed E-state index contributed by atoms with van der Waals surface area (Å²) in [5.74, 6) is 0.913. The highest BCUT2D eigenvalue weighted by molar-refractivity contribution is 5.14. The van der Waals surface area contributed by atoms with E-state index in [2.05, 4.69) is 52.0 Å². The number of nitrogens with zero attached hydrogens (tertiary/aromatic N) is 3. The number of likely N-dealkylation sites (tertiary alicyclic amines) is 1. The number of hydrogen-bond donors (Lipinski definition) is 0. The minimum absolute atomic E-state index is 0.827. The second kappa shape index (κ2) is 8.86. The number of rotatable bonds is 4. The molecule has 3 heteroatoms. The molecule has 3 nitrogen and oxygen atoms in total. The lowest BCUT2D eigenvalue weighted by Gasteiger charge is -2.46. The molecule has 0 aromatic heterocycles. The summed E-state index contributed by atoms with van der Waals surface area (Å²) in [5, 5.41) is 0. The van der Waals surface area contributed by atoms with E-state index in [9.17, 15) is 0 Å². The summed E-state index contributed by atoms with van der Waals surface area (Å²) in [6.45, 7) is 11.3. The third-order valence-electron chi connectivity index (χ3n) is 7.21. The summed E-state index contributed by atoms with van der Waals surface area (Å²) in [6, 6.07) is 12.7. The monoisotopic (exact) mass is 355 g/mol. The Balaban J connectivity index is 1.21. The zero-order chi connectivity index (χ0) is 17.8. The van der Waals surface area contributed by atoms with E-state index in [0.29, 0.717) is 0 Å². The molecule has 3 aliphatic rings. The van der Waals surface area contributed by atoms with Crippen LogP contribution < -0.4 is 0 Å². The van der Waals surface area contributed by atoms with Crippen LogP contribution in [-0.2, 0) is 6.54 Å². The van der Waals surface area contributed by atoms with Gasteiger partial charge in [-0.2, -0.15) is 0 Å². The Kier molecular flexibility index (Phi) is 6.29. The smallest absolute Gasteiger partial charge is 0.0233 e. The average molecular weight is 356 g/mol. The largest absolute Gasteiger partial charge is 0.299 e. The highest BCUT2D eigenvalue weighted by Crippen LogP contribution is 2.29. The van der Waals surface area contributed by atoms with E-state index in [4.69, 9.17) is 0 Å². The molecule has 144 valence electrons.